The molecule has 0 saturated carbocycles. The fourth-order valence-corrected chi connectivity index (χ4v) is 2.61. The molecule has 2 aromatic carbocycles. The number of nitrogens with zero attached hydrogens (tertiary/aromatic N) is 3. The highest BCUT2D eigenvalue weighted by Gasteiger charge is 2.15. The van der Waals surface area contributed by atoms with Gasteiger partial charge in [0.25, 0.3) is 0 Å². The van der Waals surface area contributed by atoms with E-state index in [1.54, 1.807) is 0 Å². The summed E-state index contributed by atoms with van der Waals surface area (Å²) in [4.78, 5) is 2.42. The number of aryl methyl sites for hydroxylation is 1. The van der Waals surface area contributed by atoms with Gasteiger partial charge in [0.15, 0.2) is 0 Å². The van der Waals surface area contributed by atoms with Crippen LogP contribution in [0.1, 0.15) is 11.1 Å². The van der Waals surface area contributed by atoms with Gasteiger partial charge in [0.2, 0.25) is 0 Å². The molecule has 0 atom stereocenters. The van der Waals surface area contributed by atoms with Gasteiger partial charge in [0.1, 0.15) is 0 Å². The van der Waals surface area contributed by atoms with Crippen LogP contribution in [0.4, 0.5) is 5.69 Å². The van der Waals surface area contributed by atoms with Crippen molar-refractivity contribution in [3.05, 3.63) is 65.7 Å². The van der Waals surface area contributed by atoms with Crippen LogP contribution in [-0.2, 0) is 0 Å². The molecule has 1 fully saturated rings. The van der Waals surface area contributed by atoms with Crippen LogP contribution < -0.4 is 4.90 Å². The van der Waals surface area contributed by atoms with E-state index in [2.05, 4.69) is 76.5 Å². The Bertz CT molecular complexity index is 599. The molecule has 3 rings (SSSR count). The summed E-state index contributed by atoms with van der Waals surface area (Å²) in [5, 5.41) is 6.76. The highest BCUT2D eigenvalue weighted by molar-refractivity contribution is 5.79. The Hall–Kier alpha value is -2.29. The van der Waals surface area contributed by atoms with Crippen molar-refractivity contribution in [1.29, 1.82) is 0 Å². The lowest BCUT2D eigenvalue weighted by Crippen LogP contribution is -2.44. The lowest BCUT2D eigenvalue weighted by atomic mass is 10.2. The summed E-state index contributed by atoms with van der Waals surface area (Å²) in [7, 11) is 0. The van der Waals surface area contributed by atoms with Crippen LogP contribution in [0, 0.1) is 6.92 Å². The van der Waals surface area contributed by atoms with Crippen LogP contribution >= 0.6 is 0 Å². The van der Waals surface area contributed by atoms with Crippen molar-refractivity contribution in [2.45, 2.75) is 6.92 Å². The van der Waals surface area contributed by atoms with E-state index in [4.69, 9.17) is 0 Å². The normalized spacial score (nSPS) is 15.7. The molecule has 3 heteroatoms. The number of hydrogen-bond acceptors (Lipinski definition) is 3. The summed E-state index contributed by atoms with van der Waals surface area (Å²) in [5.74, 6) is 0. The van der Waals surface area contributed by atoms with Crippen molar-refractivity contribution in [2.24, 2.45) is 5.10 Å². The number of rotatable bonds is 3. The molecular formula is C18H21N3. The van der Waals surface area contributed by atoms with E-state index in [9.17, 15) is 0 Å². The van der Waals surface area contributed by atoms with Gasteiger partial charge in [-0.15, -0.1) is 0 Å². The Morgan fingerprint density at radius 2 is 1.67 bits per heavy atom. The van der Waals surface area contributed by atoms with Crippen molar-refractivity contribution in [3.63, 3.8) is 0 Å². The molecule has 0 aliphatic carbocycles. The highest BCUT2D eigenvalue weighted by atomic mass is 15.5. The third-order valence-electron chi connectivity index (χ3n) is 3.79. The second-order valence-electron chi connectivity index (χ2n) is 5.43. The average molecular weight is 279 g/mol. The molecule has 1 saturated heterocycles. The van der Waals surface area contributed by atoms with Crippen LogP contribution in [0.25, 0.3) is 0 Å². The molecule has 2 aromatic rings. The first-order valence-electron chi connectivity index (χ1n) is 7.47. The van der Waals surface area contributed by atoms with Crippen LogP contribution in [0.2, 0.25) is 0 Å². The molecular weight excluding hydrogens is 258 g/mol. The lowest BCUT2D eigenvalue weighted by Gasteiger charge is -2.34. The lowest BCUT2D eigenvalue weighted by molar-refractivity contribution is 0.272. The van der Waals surface area contributed by atoms with E-state index in [1.165, 1.54) is 16.8 Å². The van der Waals surface area contributed by atoms with Crippen LogP contribution in [0.15, 0.2) is 59.7 Å². The van der Waals surface area contributed by atoms with Gasteiger partial charge >= 0.3 is 0 Å². The summed E-state index contributed by atoms with van der Waals surface area (Å²) in [6.07, 6.45) is 1.96. The first-order valence-corrected chi connectivity index (χ1v) is 7.47. The fourth-order valence-electron chi connectivity index (χ4n) is 2.61. The molecule has 21 heavy (non-hydrogen) atoms. The van der Waals surface area contributed by atoms with Crippen molar-refractivity contribution < 1.29 is 0 Å². The van der Waals surface area contributed by atoms with Crippen molar-refractivity contribution in [2.75, 3.05) is 31.1 Å². The number of para-hydroxylation sites is 1. The van der Waals surface area contributed by atoms with Gasteiger partial charge in [-0.1, -0.05) is 48.0 Å². The maximum Gasteiger partial charge on any atom is 0.0543 e. The average Bonchev–Trinajstić information content (AvgIpc) is 2.54. The summed E-state index contributed by atoms with van der Waals surface area (Å²) in [5.41, 5.74) is 3.74. The maximum atomic E-state index is 4.60. The van der Waals surface area contributed by atoms with Gasteiger partial charge in [0, 0.05) is 18.8 Å². The van der Waals surface area contributed by atoms with E-state index < -0.39 is 0 Å². The first-order chi connectivity index (χ1) is 10.3. The molecule has 1 aliphatic heterocycles. The van der Waals surface area contributed by atoms with Gasteiger partial charge < -0.3 is 4.90 Å². The Morgan fingerprint density at radius 3 is 2.38 bits per heavy atom. The Balaban J connectivity index is 1.56. The number of piperazine rings is 1. The summed E-state index contributed by atoms with van der Waals surface area (Å²) in [6.45, 7) is 6.09. The third-order valence-corrected chi connectivity index (χ3v) is 3.79. The molecule has 0 bridgehead atoms. The quantitative estimate of drug-likeness (QED) is 0.804. The first kappa shape index (κ1) is 13.7. The molecule has 108 valence electrons. The zero-order valence-corrected chi connectivity index (χ0v) is 12.4. The standard InChI is InChI=1S/C18H21N3/c1-16-6-5-7-17(14-16)15-19-21-12-10-20(11-13-21)18-8-3-2-4-9-18/h2-9,14-15H,10-13H2,1H3. The van der Waals surface area contributed by atoms with Gasteiger partial charge in [0.05, 0.1) is 19.3 Å². The molecule has 0 aromatic heterocycles. The summed E-state index contributed by atoms with van der Waals surface area (Å²) in [6, 6.07) is 19.0. The largest absolute Gasteiger partial charge is 0.368 e. The Labute approximate surface area is 126 Å². The van der Waals surface area contributed by atoms with Gasteiger partial charge in [-0.05, 0) is 24.6 Å². The Morgan fingerprint density at radius 1 is 0.905 bits per heavy atom. The zero-order chi connectivity index (χ0) is 14.5. The van der Waals surface area contributed by atoms with Crippen molar-refractivity contribution >= 4 is 11.9 Å². The topological polar surface area (TPSA) is 18.8 Å². The molecule has 3 nitrogen and oxygen atoms in total. The second kappa shape index (κ2) is 6.44. The number of hydrogen-bond donors (Lipinski definition) is 0. The minimum absolute atomic E-state index is 0.969. The van der Waals surface area contributed by atoms with Gasteiger partial charge in [-0.2, -0.15) is 5.10 Å². The van der Waals surface area contributed by atoms with Crippen molar-refractivity contribution in [1.82, 2.24) is 5.01 Å². The monoisotopic (exact) mass is 279 g/mol. The Kier molecular flexibility index (Phi) is 4.20. The van der Waals surface area contributed by atoms with Gasteiger partial charge in [-0.3, -0.25) is 5.01 Å². The molecule has 0 N–H and O–H groups in total. The third kappa shape index (κ3) is 3.63. The number of benzene rings is 2. The van der Waals surface area contributed by atoms with Crippen molar-refractivity contribution in [3.8, 4) is 0 Å². The van der Waals surface area contributed by atoms with E-state index in [-0.39, 0.29) is 0 Å². The number of hydrazone groups is 1. The molecule has 0 radical (unpaired) electrons. The SMILES string of the molecule is Cc1cccc(C=NN2CCN(c3ccccc3)CC2)c1. The predicted octanol–water partition coefficient (Wildman–Crippen LogP) is 3.15. The minimum atomic E-state index is 0.969. The molecule has 1 heterocycles. The zero-order valence-electron chi connectivity index (χ0n) is 12.4. The van der Waals surface area contributed by atoms with Crippen LogP contribution in [0.3, 0.4) is 0 Å². The molecule has 0 amide bonds. The minimum Gasteiger partial charge on any atom is -0.368 e. The van der Waals surface area contributed by atoms with E-state index in [0.717, 1.165) is 26.2 Å². The van der Waals surface area contributed by atoms with E-state index in [1.807, 2.05) is 6.21 Å². The summed E-state index contributed by atoms with van der Waals surface area (Å²) >= 11 is 0. The van der Waals surface area contributed by atoms with Crippen LogP contribution in [0.5, 0.6) is 0 Å². The second-order valence-corrected chi connectivity index (χ2v) is 5.43. The van der Waals surface area contributed by atoms with Gasteiger partial charge in [-0.25, -0.2) is 0 Å². The van der Waals surface area contributed by atoms with E-state index >= 15 is 0 Å². The maximum absolute atomic E-state index is 4.60. The summed E-state index contributed by atoms with van der Waals surface area (Å²) < 4.78 is 0. The number of anilines is 1. The fraction of sp³-hybridized carbons (Fsp3) is 0.278. The molecule has 0 unspecified atom stereocenters. The molecule has 1 aliphatic rings. The van der Waals surface area contributed by atoms with E-state index in [0.29, 0.717) is 0 Å². The smallest absolute Gasteiger partial charge is 0.0543 e. The highest BCUT2D eigenvalue weighted by Crippen LogP contribution is 2.15. The van der Waals surface area contributed by atoms with Crippen LogP contribution in [-0.4, -0.2) is 37.4 Å². The predicted molar refractivity (Wildman–Crippen MR) is 89.0 cm³/mol. The molecule has 0 spiro atoms.